The number of hydrogen-bond acceptors (Lipinski definition) is 4. The third-order valence-corrected chi connectivity index (χ3v) is 3.71. The van der Waals surface area contributed by atoms with Gasteiger partial charge in [-0.2, -0.15) is 0 Å². The maximum absolute atomic E-state index is 12.6. The molecule has 6 heteroatoms. The number of methoxy groups -OCH3 is 1. The summed E-state index contributed by atoms with van der Waals surface area (Å²) in [5, 5.41) is 6.81. The number of hydrogen-bond donors (Lipinski definition) is 1. The molecule has 0 saturated carbocycles. The highest BCUT2D eigenvalue weighted by atomic mass is 16.5. The van der Waals surface area contributed by atoms with Crippen molar-refractivity contribution in [3.8, 4) is 5.75 Å². The largest absolute Gasteiger partial charge is 0.497 e. The molecule has 0 atom stereocenters. The van der Waals surface area contributed by atoms with Crippen molar-refractivity contribution < 1.29 is 9.53 Å². The number of carbonyl (C=O) groups excluding carboxylic acids is 1. The van der Waals surface area contributed by atoms with E-state index in [2.05, 4.69) is 15.2 Å². The molecule has 1 amide bonds. The fourth-order valence-electron chi connectivity index (χ4n) is 2.58. The lowest BCUT2D eigenvalue weighted by atomic mass is 10.0. The molecule has 6 nitrogen and oxygen atoms in total. The molecular formula is C15H18N4O2. The molecule has 110 valence electrons. The fourth-order valence-corrected chi connectivity index (χ4v) is 2.58. The highest BCUT2D eigenvalue weighted by molar-refractivity contribution is 6.04. The van der Waals surface area contributed by atoms with Gasteiger partial charge in [0.2, 0.25) is 5.82 Å². The lowest BCUT2D eigenvalue weighted by Crippen LogP contribution is -2.36. The Balaban J connectivity index is 1.92. The Labute approximate surface area is 123 Å². The highest BCUT2D eigenvalue weighted by Crippen LogP contribution is 2.31. The zero-order chi connectivity index (χ0) is 14.8. The molecule has 2 heterocycles. The van der Waals surface area contributed by atoms with E-state index in [1.165, 1.54) is 0 Å². The van der Waals surface area contributed by atoms with Crippen molar-refractivity contribution in [3.63, 3.8) is 0 Å². The van der Waals surface area contributed by atoms with Crippen LogP contribution in [0.2, 0.25) is 0 Å². The summed E-state index contributed by atoms with van der Waals surface area (Å²) in [5.74, 6) is 1.62. The summed E-state index contributed by atoms with van der Waals surface area (Å²) >= 11 is 0. The second-order valence-corrected chi connectivity index (χ2v) is 5.01. The van der Waals surface area contributed by atoms with Crippen LogP contribution < -0.4 is 9.64 Å². The molecule has 1 aromatic carbocycles. The quantitative estimate of drug-likeness (QED) is 0.936. The van der Waals surface area contributed by atoms with Gasteiger partial charge >= 0.3 is 0 Å². The van der Waals surface area contributed by atoms with E-state index in [4.69, 9.17) is 4.74 Å². The lowest BCUT2D eigenvalue weighted by molar-refractivity contribution is 0.0975. The molecule has 1 N–H and O–H groups in total. The van der Waals surface area contributed by atoms with Gasteiger partial charge in [-0.1, -0.05) is 6.92 Å². The molecule has 1 aliphatic rings. The minimum atomic E-state index is -0.155. The van der Waals surface area contributed by atoms with E-state index in [0.29, 0.717) is 6.54 Å². The van der Waals surface area contributed by atoms with Gasteiger partial charge in [-0.25, -0.2) is 4.98 Å². The van der Waals surface area contributed by atoms with Crippen LogP contribution in [0.5, 0.6) is 5.75 Å². The van der Waals surface area contributed by atoms with Crippen LogP contribution in [0.3, 0.4) is 0 Å². The second kappa shape index (κ2) is 5.55. The first-order chi connectivity index (χ1) is 10.2. The summed E-state index contributed by atoms with van der Waals surface area (Å²) in [5.41, 5.74) is 2.05. The van der Waals surface area contributed by atoms with Crippen LogP contribution in [0.25, 0.3) is 0 Å². The standard InChI is InChI=1S/C15H18N4O2/c1-3-13-16-14(18-17-13)15(20)19-8-4-5-10-9-11(21-2)6-7-12(10)19/h6-7,9H,3-5,8H2,1-2H3,(H,16,17,18). The molecule has 21 heavy (non-hydrogen) atoms. The molecule has 0 aliphatic carbocycles. The highest BCUT2D eigenvalue weighted by Gasteiger charge is 2.26. The maximum atomic E-state index is 12.6. The van der Waals surface area contributed by atoms with E-state index >= 15 is 0 Å². The fraction of sp³-hybridized carbons (Fsp3) is 0.400. The average Bonchev–Trinajstić information content (AvgIpc) is 3.02. The summed E-state index contributed by atoms with van der Waals surface area (Å²) in [6, 6.07) is 5.79. The van der Waals surface area contributed by atoms with Gasteiger partial charge in [-0.3, -0.25) is 9.89 Å². The SMILES string of the molecule is CCc1nc(C(=O)N2CCCc3cc(OC)ccc32)n[nH]1. The van der Waals surface area contributed by atoms with Crippen LogP contribution in [0.1, 0.15) is 35.4 Å². The smallest absolute Gasteiger partial charge is 0.297 e. The number of carbonyl (C=O) groups is 1. The topological polar surface area (TPSA) is 71.1 Å². The number of rotatable bonds is 3. The molecule has 0 unspecified atom stereocenters. The first-order valence-electron chi connectivity index (χ1n) is 7.13. The first-order valence-corrected chi connectivity index (χ1v) is 7.13. The molecule has 2 aromatic rings. The van der Waals surface area contributed by atoms with Gasteiger partial charge in [0.1, 0.15) is 11.6 Å². The number of nitrogens with zero attached hydrogens (tertiary/aromatic N) is 3. The van der Waals surface area contributed by atoms with Crippen molar-refractivity contribution in [2.75, 3.05) is 18.6 Å². The van der Waals surface area contributed by atoms with Gasteiger partial charge in [0, 0.05) is 18.7 Å². The number of aromatic amines is 1. The van der Waals surface area contributed by atoms with Crippen LogP contribution in [-0.4, -0.2) is 34.7 Å². The van der Waals surface area contributed by atoms with Crippen LogP contribution in [0, 0.1) is 0 Å². The van der Waals surface area contributed by atoms with Crippen LogP contribution in [-0.2, 0) is 12.8 Å². The number of nitrogens with one attached hydrogen (secondary N) is 1. The number of amides is 1. The number of H-pyrrole nitrogens is 1. The minimum Gasteiger partial charge on any atom is -0.497 e. The second-order valence-electron chi connectivity index (χ2n) is 5.01. The van der Waals surface area contributed by atoms with Crippen LogP contribution >= 0.6 is 0 Å². The lowest BCUT2D eigenvalue weighted by Gasteiger charge is -2.28. The molecule has 0 fully saturated rings. The Morgan fingerprint density at radius 1 is 1.48 bits per heavy atom. The van der Waals surface area contributed by atoms with E-state index in [1.807, 2.05) is 25.1 Å². The molecule has 1 aromatic heterocycles. The summed E-state index contributed by atoms with van der Waals surface area (Å²) < 4.78 is 5.25. The Morgan fingerprint density at radius 2 is 2.33 bits per heavy atom. The van der Waals surface area contributed by atoms with Crippen molar-refractivity contribution in [1.29, 1.82) is 0 Å². The molecule has 0 radical (unpaired) electrons. The van der Waals surface area contributed by atoms with Crippen molar-refractivity contribution in [2.45, 2.75) is 26.2 Å². The third kappa shape index (κ3) is 2.49. The first kappa shape index (κ1) is 13.6. The molecule has 3 rings (SSSR count). The monoisotopic (exact) mass is 286 g/mol. The Bertz CT molecular complexity index is 665. The molecule has 0 bridgehead atoms. The normalized spacial score (nSPS) is 13.9. The zero-order valence-corrected chi connectivity index (χ0v) is 12.2. The minimum absolute atomic E-state index is 0.155. The predicted octanol–water partition coefficient (Wildman–Crippen LogP) is 1.97. The van der Waals surface area contributed by atoms with Crippen molar-refractivity contribution >= 4 is 11.6 Å². The summed E-state index contributed by atoms with van der Waals surface area (Å²) in [6.07, 6.45) is 2.61. The van der Waals surface area contributed by atoms with Gasteiger partial charge in [-0.05, 0) is 36.6 Å². The summed E-state index contributed by atoms with van der Waals surface area (Å²) in [7, 11) is 1.65. The van der Waals surface area contributed by atoms with Crippen molar-refractivity contribution in [1.82, 2.24) is 15.2 Å². The van der Waals surface area contributed by atoms with Gasteiger partial charge in [0.15, 0.2) is 0 Å². The van der Waals surface area contributed by atoms with Crippen LogP contribution in [0.4, 0.5) is 5.69 Å². The van der Waals surface area contributed by atoms with E-state index in [1.54, 1.807) is 12.0 Å². The molecule has 1 aliphatic heterocycles. The summed E-state index contributed by atoms with van der Waals surface area (Å²) in [6.45, 7) is 2.66. The Hall–Kier alpha value is -2.37. The Kier molecular flexibility index (Phi) is 3.60. The van der Waals surface area contributed by atoms with E-state index < -0.39 is 0 Å². The number of aryl methyl sites for hydroxylation is 2. The van der Waals surface area contributed by atoms with Crippen molar-refractivity contribution in [2.24, 2.45) is 0 Å². The number of ether oxygens (including phenoxy) is 1. The van der Waals surface area contributed by atoms with Gasteiger partial charge < -0.3 is 9.64 Å². The van der Waals surface area contributed by atoms with Gasteiger partial charge in [0.05, 0.1) is 7.11 Å². The predicted molar refractivity (Wildman–Crippen MR) is 78.8 cm³/mol. The maximum Gasteiger partial charge on any atom is 0.297 e. The average molecular weight is 286 g/mol. The van der Waals surface area contributed by atoms with Crippen molar-refractivity contribution in [3.05, 3.63) is 35.4 Å². The van der Waals surface area contributed by atoms with Crippen LogP contribution in [0.15, 0.2) is 18.2 Å². The van der Waals surface area contributed by atoms with E-state index in [9.17, 15) is 4.79 Å². The van der Waals surface area contributed by atoms with E-state index in [0.717, 1.165) is 42.1 Å². The number of anilines is 1. The zero-order valence-electron chi connectivity index (χ0n) is 12.2. The number of aromatic nitrogens is 3. The molecular weight excluding hydrogens is 268 g/mol. The number of benzene rings is 1. The van der Waals surface area contributed by atoms with Gasteiger partial charge in [0.25, 0.3) is 5.91 Å². The molecule has 0 saturated heterocycles. The third-order valence-electron chi connectivity index (χ3n) is 3.71. The summed E-state index contributed by atoms with van der Waals surface area (Å²) in [4.78, 5) is 18.6. The van der Waals surface area contributed by atoms with Gasteiger partial charge in [-0.15, -0.1) is 5.10 Å². The van der Waals surface area contributed by atoms with E-state index in [-0.39, 0.29) is 11.7 Å². The Morgan fingerprint density at radius 3 is 3.05 bits per heavy atom. The number of fused-ring (bicyclic) bond motifs is 1. The molecule has 0 spiro atoms.